The van der Waals surface area contributed by atoms with Crippen LogP contribution in [0.1, 0.15) is 69.2 Å². The number of likely N-dealkylation sites (tertiary alicyclic amines) is 2. The van der Waals surface area contributed by atoms with Crippen molar-refractivity contribution in [1.29, 1.82) is 0 Å². The molecule has 4 atom stereocenters. The minimum Gasteiger partial charge on any atom is -0.453 e. The normalized spacial score (nSPS) is 19.4. The van der Waals surface area contributed by atoms with Crippen LogP contribution in [-0.4, -0.2) is 111 Å². The maximum atomic E-state index is 14.0. The number of imidazole rings is 2. The number of alkyl carbamates (subject to hydrolysis) is 1. The monoisotopic (exact) mass is 802 g/mol. The Morgan fingerprint density at radius 2 is 1.36 bits per heavy atom. The molecule has 3 aliphatic rings. The number of benzene rings is 2. The SMILES string of the molecule is CNC(=O)N[C@H](C)C(=O)N1CCC[C@H]1c1ncc(-c2ccc(-c3cc4ccc(-c5cnc([C@@H]6CCCN6C(=O)[C@@H](NC(=O)OC)C6CCOCC6)[nH]5)cc4cn3)cc2)[nH]1. The topological polar surface area (TPSA) is 200 Å². The predicted molar refractivity (Wildman–Crippen MR) is 220 cm³/mol. The van der Waals surface area contributed by atoms with Gasteiger partial charge < -0.3 is 45.2 Å². The average Bonchev–Trinajstić information content (AvgIpc) is 4.12. The summed E-state index contributed by atoms with van der Waals surface area (Å²) >= 11 is 0. The summed E-state index contributed by atoms with van der Waals surface area (Å²) < 4.78 is 10.4. The minimum atomic E-state index is -0.689. The Hall–Kier alpha value is -6.29. The van der Waals surface area contributed by atoms with Gasteiger partial charge in [0.1, 0.15) is 23.7 Å². The summed E-state index contributed by atoms with van der Waals surface area (Å²) in [6.45, 7) is 4.00. The molecule has 2 aromatic carbocycles. The van der Waals surface area contributed by atoms with Crippen LogP contribution in [0.25, 0.3) is 44.5 Å². The molecule has 8 rings (SSSR count). The number of amides is 5. The third-order valence-corrected chi connectivity index (χ3v) is 11.8. The molecule has 6 heterocycles. The Bertz CT molecular complexity index is 2320. The van der Waals surface area contributed by atoms with Gasteiger partial charge in [-0.05, 0) is 74.4 Å². The number of pyridine rings is 1. The molecule has 0 bridgehead atoms. The van der Waals surface area contributed by atoms with E-state index in [0.29, 0.717) is 39.1 Å². The van der Waals surface area contributed by atoms with E-state index in [9.17, 15) is 19.2 Å². The quantitative estimate of drug-likeness (QED) is 0.121. The van der Waals surface area contributed by atoms with E-state index in [1.807, 2.05) is 41.6 Å². The zero-order valence-corrected chi connectivity index (χ0v) is 33.5. The minimum absolute atomic E-state index is 0.0313. The maximum absolute atomic E-state index is 14.0. The first-order valence-electron chi connectivity index (χ1n) is 20.3. The van der Waals surface area contributed by atoms with Crippen LogP contribution in [0.15, 0.2) is 67.1 Å². The number of aromatic amines is 2. The van der Waals surface area contributed by atoms with E-state index in [4.69, 9.17) is 19.4 Å². The van der Waals surface area contributed by atoms with Crippen molar-refractivity contribution in [2.24, 2.45) is 5.92 Å². The standard InChI is InChI=1S/C43H50N10O6/c1-25(48-42(56)44-2)40(54)52-16-4-6-35(52)38-46-23-33(49-38)27-10-8-26(9-11-27)32-21-29-12-13-30(20-31(29)22-45-32)34-24-47-39(50-34)36-7-5-17-53(36)41(55)37(51-43(57)58-3)28-14-18-59-19-15-28/h8-13,20-25,28,35-37H,4-7,14-19H2,1-3H3,(H,46,49)(H,47,50)(H,51,57)(H2,44,48,56)/t25-,35+,36+,37+/m1/s1. The van der Waals surface area contributed by atoms with Gasteiger partial charge in [-0.1, -0.05) is 36.4 Å². The zero-order valence-electron chi connectivity index (χ0n) is 33.5. The van der Waals surface area contributed by atoms with E-state index in [-0.39, 0.29) is 29.8 Å². The Kier molecular flexibility index (Phi) is 11.6. The number of carbonyl (C=O) groups is 4. The van der Waals surface area contributed by atoms with E-state index < -0.39 is 24.2 Å². The molecule has 3 aliphatic heterocycles. The Morgan fingerprint density at radius 1 is 0.746 bits per heavy atom. The van der Waals surface area contributed by atoms with Crippen LogP contribution in [0.3, 0.4) is 0 Å². The largest absolute Gasteiger partial charge is 0.453 e. The van der Waals surface area contributed by atoms with Gasteiger partial charge >= 0.3 is 12.1 Å². The van der Waals surface area contributed by atoms with Gasteiger partial charge in [0.05, 0.1) is 48.7 Å². The molecule has 0 saturated carbocycles. The lowest BCUT2D eigenvalue weighted by atomic mass is 9.90. The number of hydrogen-bond donors (Lipinski definition) is 5. The molecule has 5 amide bonds. The molecular formula is C43H50N10O6. The highest BCUT2D eigenvalue weighted by Gasteiger charge is 2.40. The van der Waals surface area contributed by atoms with Gasteiger partial charge in [-0.15, -0.1) is 0 Å². The Labute approximate surface area is 341 Å². The number of nitrogens with one attached hydrogen (secondary N) is 5. The molecule has 59 heavy (non-hydrogen) atoms. The molecule has 16 nitrogen and oxygen atoms in total. The number of rotatable bonds is 10. The molecule has 0 unspecified atom stereocenters. The number of methoxy groups -OCH3 is 1. The number of nitrogens with zero attached hydrogens (tertiary/aromatic N) is 5. The first-order valence-corrected chi connectivity index (χ1v) is 20.3. The van der Waals surface area contributed by atoms with E-state index >= 15 is 0 Å². The summed E-state index contributed by atoms with van der Waals surface area (Å²) in [7, 11) is 2.83. The lowest BCUT2D eigenvalue weighted by molar-refractivity contribution is -0.137. The predicted octanol–water partition coefficient (Wildman–Crippen LogP) is 5.48. The molecular weight excluding hydrogens is 753 g/mol. The lowest BCUT2D eigenvalue weighted by Crippen LogP contribution is -2.53. The fourth-order valence-corrected chi connectivity index (χ4v) is 8.60. The number of ether oxygens (including phenoxy) is 2. The van der Waals surface area contributed by atoms with Crippen LogP contribution >= 0.6 is 0 Å². The fraction of sp³-hybridized carbons (Fsp3) is 0.419. The number of carbonyl (C=O) groups excluding carboxylic acids is 4. The number of aromatic nitrogens is 5. The van der Waals surface area contributed by atoms with Crippen molar-refractivity contribution in [3.8, 4) is 33.8 Å². The first-order chi connectivity index (χ1) is 28.7. The van der Waals surface area contributed by atoms with Gasteiger partial charge in [-0.3, -0.25) is 14.6 Å². The van der Waals surface area contributed by atoms with Crippen LogP contribution in [0.5, 0.6) is 0 Å². The highest BCUT2D eigenvalue weighted by atomic mass is 16.5. The summed E-state index contributed by atoms with van der Waals surface area (Å²) in [6, 6.07) is 14.3. The fourth-order valence-electron chi connectivity index (χ4n) is 8.60. The van der Waals surface area contributed by atoms with Crippen molar-refractivity contribution in [1.82, 2.24) is 50.7 Å². The molecule has 5 aromatic rings. The van der Waals surface area contributed by atoms with Gasteiger partial charge in [-0.25, -0.2) is 19.6 Å². The lowest BCUT2D eigenvalue weighted by Gasteiger charge is -2.34. The van der Waals surface area contributed by atoms with Crippen LogP contribution < -0.4 is 16.0 Å². The highest BCUT2D eigenvalue weighted by molar-refractivity contribution is 5.90. The van der Waals surface area contributed by atoms with Crippen molar-refractivity contribution in [2.45, 2.75) is 69.6 Å². The highest BCUT2D eigenvalue weighted by Crippen LogP contribution is 2.36. The molecule has 3 saturated heterocycles. The van der Waals surface area contributed by atoms with E-state index in [0.717, 1.165) is 81.9 Å². The van der Waals surface area contributed by atoms with Crippen molar-refractivity contribution in [3.05, 3.63) is 78.8 Å². The number of urea groups is 1. The number of H-pyrrole nitrogens is 2. The molecule has 0 radical (unpaired) electrons. The van der Waals surface area contributed by atoms with E-state index in [2.05, 4.69) is 55.2 Å². The summed E-state index contributed by atoms with van der Waals surface area (Å²) in [5.74, 6) is 1.16. The van der Waals surface area contributed by atoms with Crippen molar-refractivity contribution >= 4 is 34.7 Å². The van der Waals surface area contributed by atoms with Gasteiger partial charge in [0.2, 0.25) is 11.8 Å². The van der Waals surface area contributed by atoms with Crippen molar-refractivity contribution < 1.29 is 28.7 Å². The van der Waals surface area contributed by atoms with E-state index in [1.54, 1.807) is 18.0 Å². The van der Waals surface area contributed by atoms with Crippen molar-refractivity contribution in [3.63, 3.8) is 0 Å². The Balaban J connectivity index is 0.934. The van der Waals surface area contributed by atoms with Gasteiger partial charge in [-0.2, -0.15) is 0 Å². The second kappa shape index (κ2) is 17.3. The molecule has 3 aromatic heterocycles. The molecule has 3 fully saturated rings. The first kappa shape index (κ1) is 39.5. The molecule has 0 aliphatic carbocycles. The van der Waals surface area contributed by atoms with Crippen LogP contribution in [0.2, 0.25) is 0 Å². The molecule has 0 spiro atoms. The average molecular weight is 803 g/mol. The second-order valence-electron chi connectivity index (χ2n) is 15.5. The van der Waals surface area contributed by atoms with Gasteiger partial charge in [0.15, 0.2) is 0 Å². The third kappa shape index (κ3) is 8.35. The summed E-state index contributed by atoms with van der Waals surface area (Å²) in [5.41, 5.74) is 5.43. The molecule has 16 heteroatoms. The summed E-state index contributed by atoms with van der Waals surface area (Å²) in [5, 5.41) is 10.00. The summed E-state index contributed by atoms with van der Waals surface area (Å²) in [4.78, 5) is 75.9. The Morgan fingerprint density at radius 3 is 2.00 bits per heavy atom. The molecule has 308 valence electrons. The van der Waals surface area contributed by atoms with E-state index in [1.165, 1.54) is 14.2 Å². The summed E-state index contributed by atoms with van der Waals surface area (Å²) in [6.07, 6.45) is 9.51. The number of fused-ring (bicyclic) bond motifs is 1. The van der Waals surface area contributed by atoms with Crippen molar-refractivity contribution in [2.75, 3.05) is 40.5 Å². The van der Waals surface area contributed by atoms with Crippen LogP contribution in [-0.2, 0) is 19.1 Å². The van der Waals surface area contributed by atoms with Gasteiger partial charge in [0, 0.05) is 56.1 Å². The smallest absolute Gasteiger partial charge is 0.407 e. The second-order valence-corrected chi connectivity index (χ2v) is 15.5. The zero-order chi connectivity index (χ0) is 41.0. The molecule has 5 N–H and O–H groups in total. The number of hydrogen-bond acceptors (Lipinski definition) is 9. The van der Waals surface area contributed by atoms with Crippen LogP contribution in [0.4, 0.5) is 9.59 Å². The van der Waals surface area contributed by atoms with Gasteiger partial charge in [0.25, 0.3) is 0 Å². The van der Waals surface area contributed by atoms with Crippen LogP contribution in [0, 0.1) is 5.92 Å². The maximum Gasteiger partial charge on any atom is 0.407 e. The third-order valence-electron chi connectivity index (χ3n) is 11.8.